The molecule has 0 saturated carbocycles. The lowest BCUT2D eigenvalue weighted by atomic mass is 10.2. The van der Waals surface area contributed by atoms with Gasteiger partial charge < -0.3 is 5.11 Å². The summed E-state index contributed by atoms with van der Waals surface area (Å²) < 4.78 is 35.3. The van der Waals surface area contributed by atoms with Gasteiger partial charge in [-0.2, -0.15) is 0 Å². The summed E-state index contributed by atoms with van der Waals surface area (Å²) in [5.41, 5.74) is 0.185. The van der Waals surface area contributed by atoms with Crippen LogP contribution in [0.3, 0.4) is 0 Å². The highest BCUT2D eigenvalue weighted by molar-refractivity contribution is 7.91. The molecule has 0 amide bonds. The first kappa shape index (κ1) is 12.9. The Labute approximate surface area is 96.6 Å². The van der Waals surface area contributed by atoms with Crippen LogP contribution in [0.5, 0.6) is 0 Å². The number of benzene rings is 1. The number of carbonyl (C=O) groups is 1. The Morgan fingerprint density at radius 3 is 2.56 bits per heavy atom. The zero-order valence-corrected chi connectivity index (χ0v) is 9.55. The van der Waals surface area contributed by atoms with Crippen molar-refractivity contribution < 1.29 is 22.7 Å². The van der Waals surface area contributed by atoms with Crippen molar-refractivity contribution in [1.82, 2.24) is 0 Å². The van der Waals surface area contributed by atoms with Gasteiger partial charge in [0.2, 0.25) is 0 Å². The molecule has 16 heavy (non-hydrogen) atoms. The SMILES string of the molecule is O=C(O)CS(=O)(=O)Cc1ccc(F)cc1Cl. The molecule has 1 N–H and O–H groups in total. The zero-order valence-electron chi connectivity index (χ0n) is 7.98. The lowest BCUT2D eigenvalue weighted by Gasteiger charge is -2.04. The van der Waals surface area contributed by atoms with Gasteiger partial charge in [-0.05, 0) is 17.7 Å². The molecule has 0 aromatic heterocycles. The van der Waals surface area contributed by atoms with Gasteiger partial charge in [-0.1, -0.05) is 17.7 Å². The van der Waals surface area contributed by atoms with Crippen molar-refractivity contribution >= 4 is 27.4 Å². The number of aliphatic carboxylic acids is 1. The van der Waals surface area contributed by atoms with Crippen LogP contribution in [0, 0.1) is 5.82 Å². The number of carboxylic acid groups (broad SMARTS) is 1. The van der Waals surface area contributed by atoms with E-state index in [1.807, 2.05) is 0 Å². The molecule has 0 unspecified atom stereocenters. The van der Waals surface area contributed by atoms with E-state index in [0.29, 0.717) is 0 Å². The number of rotatable bonds is 4. The molecule has 88 valence electrons. The Hall–Kier alpha value is -1.14. The van der Waals surface area contributed by atoms with Crippen LogP contribution < -0.4 is 0 Å². The molecule has 0 saturated heterocycles. The normalized spacial score (nSPS) is 11.4. The minimum absolute atomic E-state index is 0.0334. The largest absolute Gasteiger partial charge is 0.480 e. The highest BCUT2D eigenvalue weighted by Gasteiger charge is 2.18. The van der Waals surface area contributed by atoms with Crippen LogP contribution in [0.25, 0.3) is 0 Å². The molecular formula is C9H8ClFO4S. The summed E-state index contributed by atoms with van der Waals surface area (Å²) in [6.45, 7) is 0. The fourth-order valence-corrected chi connectivity index (χ4v) is 2.63. The molecule has 0 aliphatic rings. The Balaban J connectivity index is 2.92. The van der Waals surface area contributed by atoms with Crippen molar-refractivity contribution in [2.45, 2.75) is 5.75 Å². The lowest BCUT2D eigenvalue weighted by molar-refractivity contribution is -0.134. The number of hydrogen-bond acceptors (Lipinski definition) is 3. The van der Waals surface area contributed by atoms with Crippen molar-refractivity contribution in [2.24, 2.45) is 0 Å². The predicted molar refractivity (Wildman–Crippen MR) is 56.5 cm³/mol. The average Bonchev–Trinajstić information content (AvgIpc) is 2.07. The summed E-state index contributed by atoms with van der Waals surface area (Å²) in [7, 11) is -3.78. The molecule has 0 spiro atoms. The van der Waals surface area contributed by atoms with Crippen LogP contribution in [0.2, 0.25) is 5.02 Å². The van der Waals surface area contributed by atoms with Crippen LogP contribution >= 0.6 is 11.6 Å². The van der Waals surface area contributed by atoms with Crippen LogP contribution in [0.4, 0.5) is 4.39 Å². The van der Waals surface area contributed by atoms with Gasteiger partial charge in [-0.25, -0.2) is 12.8 Å². The number of hydrogen-bond donors (Lipinski definition) is 1. The monoisotopic (exact) mass is 266 g/mol. The maximum Gasteiger partial charge on any atom is 0.318 e. The minimum atomic E-state index is -3.78. The molecule has 1 aromatic rings. The van der Waals surface area contributed by atoms with Gasteiger partial charge in [0.05, 0.1) is 5.75 Å². The van der Waals surface area contributed by atoms with Gasteiger partial charge in [-0.3, -0.25) is 4.79 Å². The molecule has 0 aliphatic heterocycles. The zero-order chi connectivity index (χ0) is 12.3. The van der Waals surface area contributed by atoms with E-state index in [-0.39, 0.29) is 10.6 Å². The van der Waals surface area contributed by atoms with Crippen LogP contribution in [-0.4, -0.2) is 25.2 Å². The molecule has 0 radical (unpaired) electrons. The topological polar surface area (TPSA) is 71.4 Å². The Morgan fingerprint density at radius 2 is 2.06 bits per heavy atom. The van der Waals surface area contributed by atoms with Crippen molar-refractivity contribution in [3.05, 3.63) is 34.6 Å². The van der Waals surface area contributed by atoms with Crippen molar-refractivity contribution in [1.29, 1.82) is 0 Å². The van der Waals surface area contributed by atoms with Crippen LogP contribution in [-0.2, 0) is 20.4 Å². The molecule has 4 nitrogen and oxygen atoms in total. The minimum Gasteiger partial charge on any atom is -0.480 e. The van der Waals surface area contributed by atoms with E-state index in [4.69, 9.17) is 16.7 Å². The summed E-state index contributed by atoms with van der Waals surface area (Å²) in [6.07, 6.45) is 0. The second kappa shape index (κ2) is 4.80. The van der Waals surface area contributed by atoms with Gasteiger partial charge >= 0.3 is 5.97 Å². The first-order chi connectivity index (χ1) is 7.30. The van der Waals surface area contributed by atoms with E-state index in [0.717, 1.165) is 12.1 Å². The Bertz CT molecular complexity index is 512. The Morgan fingerprint density at radius 1 is 1.44 bits per heavy atom. The summed E-state index contributed by atoms with van der Waals surface area (Å²) in [4.78, 5) is 10.3. The molecule has 0 fully saturated rings. The van der Waals surface area contributed by atoms with E-state index in [1.54, 1.807) is 0 Å². The van der Waals surface area contributed by atoms with Crippen molar-refractivity contribution in [3.63, 3.8) is 0 Å². The summed E-state index contributed by atoms with van der Waals surface area (Å²) in [5.74, 6) is -3.50. The summed E-state index contributed by atoms with van der Waals surface area (Å²) in [6, 6.07) is 3.27. The molecule has 0 bridgehead atoms. The lowest BCUT2D eigenvalue weighted by Crippen LogP contribution is -2.17. The van der Waals surface area contributed by atoms with Gasteiger partial charge in [-0.15, -0.1) is 0 Å². The number of carboxylic acids is 1. The fraction of sp³-hybridized carbons (Fsp3) is 0.222. The Kier molecular flexibility index (Phi) is 3.88. The smallest absolute Gasteiger partial charge is 0.318 e. The molecular weight excluding hydrogens is 259 g/mol. The average molecular weight is 267 g/mol. The van der Waals surface area contributed by atoms with E-state index in [9.17, 15) is 17.6 Å². The van der Waals surface area contributed by atoms with E-state index >= 15 is 0 Å². The van der Waals surface area contributed by atoms with Gasteiger partial charge in [0.1, 0.15) is 11.6 Å². The fourth-order valence-electron chi connectivity index (χ4n) is 1.11. The first-order valence-corrected chi connectivity index (χ1v) is 6.36. The third-order valence-electron chi connectivity index (χ3n) is 1.73. The number of sulfone groups is 1. The highest BCUT2D eigenvalue weighted by atomic mass is 35.5. The van der Waals surface area contributed by atoms with E-state index in [2.05, 4.69) is 0 Å². The molecule has 0 heterocycles. The third kappa shape index (κ3) is 3.79. The summed E-state index contributed by atoms with van der Waals surface area (Å²) in [5, 5.41) is 8.34. The third-order valence-corrected chi connectivity index (χ3v) is 3.52. The van der Waals surface area contributed by atoms with Gasteiger partial charge in [0.15, 0.2) is 9.84 Å². The van der Waals surface area contributed by atoms with Crippen LogP contribution in [0.1, 0.15) is 5.56 Å². The number of halogens is 2. The molecule has 1 aromatic carbocycles. The van der Waals surface area contributed by atoms with Crippen molar-refractivity contribution in [2.75, 3.05) is 5.75 Å². The first-order valence-electron chi connectivity index (χ1n) is 4.16. The van der Waals surface area contributed by atoms with Crippen LogP contribution in [0.15, 0.2) is 18.2 Å². The second-order valence-corrected chi connectivity index (χ2v) is 5.63. The standard InChI is InChI=1S/C9H8ClFO4S/c10-8-3-7(11)2-1-6(8)4-16(14,15)5-9(12)13/h1-3H,4-5H2,(H,12,13). The predicted octanol–water partition coefficient (Wildman–Crippen LogP) is 1.48. The maximum absolute atomic E-state index is 12.7. The van der Waals surface area contributed by atoms with Gasteiger partial charge in [0.25, 0.3) is 0 Å². The van der Waals surface area contributed by atoms with E-state index in [1.165, 1.54) is 6.07 Å². The molecule has 0 aliphatic carbocycles. The maximum atomic E-state index is 12.7. The van der Waals surface area contributed by atoms with Gasteiger partial charge in [0, 0.05) is 5.02 Å². The van der Waals surface area contributed by atoms with Crippen molar-refractivity contribution in [3.8, 4) is 0 Å². The van der Waals surface area contributed by atoms with E-state index < -0.39 is 33.1 Å². The molecule has 1 rings (SSSR count). The highest BCUT2D eigenvalue weighted by Crippen LogP contribution is 2.19. The quantitative estimate of drug-likeness (QED) is 0.896. The molecule has 7 heteroatoms. The molecule has 0 atom stereocenters. The summed E-state index contributed by atoms with van der Waals surface area (Å²) >= 11 is 5.62. The second-order valence-electron chi connectivity index (χ2n) is 3.16.